The van der Waals surface area contributed by atoms with Gasteiger partial charge in [-0.15, -0.1) is 0 Å². The summed E-state index contributed by atoms with van der Waals surface area (Å²) in [4.78, 5) is 36.6. The largest absolute Gasteiger partial charge is 0.493 e. The van der Waals surface area contributed by atoms with E-state index in [-0.39, 0.29) is 18.7 Å². The molecule has 0 radical (unpaired) electrons. The molecule has 0 fully saturated rings. The van der Waals surface area contributed by atoms with Gasteiger partial charge in [-0.3, -0.25) is 14.4 Å². The van der Waals surface area contributed by atoms with Crippen LogP contribution in [0, 0.1) is 0 Å². The minimum Gasteiger partial charge on any atom is -0.493 e. The molecule has 0 spiro atoms. The zero-order chi connectivity index (χ0) is 30.8. The van der Waals surface area contributed by atoms with Crippen molar-refractivity contribution >= 4 is 17.8 Å². The van der Waals surface area contributed by atoms with E-state index in [1.165, 1.54) is 16.7 Å². The average Bonchev–Trinajstić information content (AvgIpc) is 3.11. The minimum atomic E-state index is -1.08. The molecule has 1 atom stereocenters. The summed E-state index contributed by atoms with van der Waals surface area (Å²) in [7, 11) is 8.79. The molecule has 2 aromatic carbocycles. The molecule has 11 heteroatoms. The molecule has 1 amide bonds. The lowest BCUT2D eigenvalue weighted by Crippen LogP contribution is -2.36. The van der Waals surface area contributed by atoms with Crippen molar-refractivity contribution in [2.75, 3.05) is 61.7 Å². The summed E-state index contributed by atoms with van der Waals surface area (Å²) in [6.07, 6.45) is 2.67. The molecule has 0 aromatic heterocycles. The number of carbonyl (C=O) groups is 3. The van der Waals surface area contributed by atoms with Gasteiger partial charge in [0.05, 0.1) is 47.7 Å². The number of nitrogens with zero attached hydrogens (tertiary/aromatic N) is 2. The van der Waals surface area contributed by atoms with Crippen molar-refractivity contribution in [1.82, 2.24) is 9.80 Å². The molecule has 1 aliphatic carbocycles. The Bertz CT molecular complexity index is 1250. The van der Waals surface area contributed by atoms with Crippen LogP contribution in [0.15, 0.2) is 24.3 Å². The number of carbonyl (C=O) groups excluding carboxylic acids is 1. The van der Waals surface area contributed by atoms with E-state index in [9.17, 15) is 14.4 Å². The molecule has 11 nitrogen and oxygen atoms in total. The van der Waals surface area contributed by atoms with Gasteiger partial charge < -0.3 is 39.0 Å². The monoisotopic (exact) mass is 586 g/mol. The number of rotatable bonds is 13. The molecule has 2 aliphatic rings. The quantitative estimate of drug-likeness (QED) is 0.360. The van der Waals surface area contributed by atoms with Crippen LogP contribution in [-0.4, -0.2) is 99.5 Å². The number of benzene rings is 2. The van der Waals surface area contributed by atoms with E-state index in [1.807, 2.05) is 17.0 Å². The van der Waals surface area contributed by atoms with Crippen LogP contribution >= 0.6 is 0 Å². The number of methoxy groups -OCH3 is 4. The van der Waals surface area contributed by atoms with Gasteiger partial charge in [0.1, 0.15) is 0 Å². The fourth-order valence-electron chi connectivity index (χ4n) is 5.37. The maximum Gasteiger partial charge on any atom is 0.303 e. The molecule has 0 unspecified atom stereocenters. The summed E-state index contributed by atoms with van der Waals surface area (Å²) < 4.78 is 21.7. The van der Waals surface area contributed by atoms with Gasteiger partial charge in [0.2, 0.25) is 5.91 Å². The zero-order valence-corrected chi connectivity index (χ0v) is 25.1. The van der Waals surface area contributed by atoms with Crippen molar-refractivity contribution < 1.29 is 43.5 Å². The van der Waals surface area contributed by atoms with Crippen molar-refractivity contribution in [3.05, 3.63) is 46.5 Å². The molecule has 2 aromatic rings. The van der Waals surface area contributed by atoms with Crippen molar-refractivity contribution in [3.8, 4) is 23.0 Å². The first-order valence-electron chi connectivity index (χ1n) is 14.0. The molecule has 230 valence electrons. The lowest BCUT2D eigenvalue weighted by atomic mass is 9.77. The third-order valence-corrected chi connectivity index (χ3v) is 7.66. The molecule has 0 bridgehead atoms. The highest BCUT2D eigenvalue weighted by molar-refractivity contribution is 5.80. The van der Waals surface area contributed by atoms with E-state index in [0.717, 1.165) is 68.3 Å². The Morgan fingerprint density at radius 2 is 1.38 bits per heavy atom. The van der Waals surface area contributed by atoms with Crippen molar-refractivity contribution in [2.45, 2.75) is 44.4 Å². The summed E-state index contributed by atoms with van der Waals surface area (Å²) in [5.41, 5.74) is 4.91. The number of ether oxygens (including phenoxy) is 4. The van der Waals surface area contributed by atoms with Gasteiger partial charge in [0, 0.05) is 25.6 Å². The first kappa shape index (κ1) is 32.5. The number of amides is 1. The zero-order valence-electron chi connectivity index (χ0n) is 25.1. The van der Waals surface area contributed by atoms with Crippen LogP contribution in [0.2, 0.25) is 0 Å². The molecule has 1 aliphatic heterocycles. The second-order valence-electron chi connectivity index (χ2n) is 10.5. The van der Waals surface area contributed by atoms with Gasteiger partial charge in [0.25, 0.3) is 0 Å². The van der Waals surface area contributed by atoms with E-state index in [4.69, 9.17) is 29.2 Å². The number of fused-ring (bicyclic) bond motifs is 2. The van der Waals surface area contributed by atoms with Gasteiger partial charge >= 0.3 is 11.9 Å². The standard InChI is InChI=1S/C27H36N2O5.C4H6O4/c1-28(17-21-11-20-14-25(33-4)26(34-5)16-22(20)21)8-6-9-29-10-7-18-12-23(31-2)24(32-3)13-19(18)15-27(29)30;5-3(6)1-2-4(7)8/h12-14,16,21H,6-11,15,17H2,1-5H3;1-2H2,(H,5,6)(H,7,8)/t21-;/m1./s1. The highest BCUT2D eigenvalue weighted by Gasteiger charge is 2.29. The van der Waals surface area contributed by atoms with Gasteiger partial charge in [-0.25, -0.2) is 0 Å². The van der Waals surface area contributed by atoms with E-state index >= 15 is 0 Å². The summed E-state index contributed by atoms with van der Waals surface area (Å²) >= 11 is 0. The summed E-state index contributed by atoms with van der Waals surface area (Å²) in [5.74, 6) is 1.54. The van der Waals surface area contributed by atoms with Crippen LogP contribution < -0.4 is 18.9 Å². The molecule has 1 heterocycles. The molecule has 0 saturated heterocycles. The van der Waals surface area contributed by atoms with E-state index in [2.05, 4.69) is 24.1 Å². The van der Waals surface area contributed by atoms with Crippen molar-refractivity contribution in [1.29, 1.82) is 0 Å². The first-order chi connectivity index (χ1) is 20.1. The smallest absolute Gasteiger partial charge is 0.303 e. The highest BCUT2D eigenvalue weighted by Crippen LogP contribution is 2.42. The van der Waals surface area contributed by atoms with E-state index in [1.54, 1.807) is 28.4 Å². The number of aliphatic carboxylic acids is 2. The Hall–Kier alpha value is -3.99. The number of likely N-dealkylation sites (N-methyl/N-ethyl adjacent to an activating group) is 1. The van der Waals surface area contributed by atoms with E-state index in [0.29, 0.717) is 18.1 Å². The van der Waals surface area contributed by atoms with Gasteiger partial charge in [0.15, 0.2) is 23.0 Å². The molecule has 0 saturated carbocycles. The van der Waals surface area contributed by atoms with Crippen molar-refractivity contribution in [2.24, 2.45) is 0 Å². The molecule has 2 N–H and O–H groups in total. The van der Waals surface area contributed by atoms with Crippen LogP contribution in [0.25, 0.3) is 0 Å². The topological polar surface area (TPSA) is 135 Å². The van der Waals surface area contributed by atoms with Crippen LogP contribution in [-0.2, 0) is 33.6 Å². The maximum absolute atomic E-state index is 12.9. The first-order valence-corrected chi connectivity index (χ1v) is 14.0. The predicted molar refractivity (Wildman–Crippen MR) is 156 cm³/mol. The fraction of sp³-hybridized carbons (Fsp3) is 0.516. The number of hydrogen-bond donors (Lipinski definition) is 2. The normalized spacial score (nSPS) is 15.3. The molecule has 42 heavy (non-hydrogen) atoms. The Morgan fingerprint density at radius 3 is 1.93 bits per heavy atom. The average molecular weight is 587 g/mol. The Balaban J connectivity index is 0.000000531. The van der Waals surface area contributed by atoms with Crippen LogP contribution in [0.4, 0.5) is 0 Å². The van der Waals surface area contributed by atoms with Gasteiger partial charge in [-0.1, -0.05) is 0 Å². The van der Waals surface area contributed by atoms with Gasteiger partial charge in [-0.2, -0.15) is 0 Å². The molecular weight excluding hydrogens is 544 g/mol. The molecular formula is C31H42N2O9. The second kappa shape index (κ2) is 15.3. The van der Waals surface area contributed by atoms with Crippen molar-refractivity contribution in [3.63, 3.8) is 0 Å². The van der Waals surface area contributed by atoms with Crippen LogP contribution in [0.5, 0.6) is 23.0 Å². The third-order valence-electron chi connectivity index (χ3n) is 7.66. The Kier molecular flexibility index (Phi) is 11.8. The number of carboxylic acid groups (broad SMARTS) is 2. The fourth-order valence-corrected chi connectivity index (χ4v) is 5.37. The number of hydrogen-bond acceptors (Lipinski definition) is 8. The van der Waals surface area contributed by atoms with Gasteiger partial charge in [-0.05, 0) is 79.4 Å². The summed E-state index contributed by atoms with van der Waals surface area (Å²) in [6, 6.07) is 8.18. The number of carboxylic acids is 2. The lowest BCUT2D eigenvalue weighted by molar-refractivity contribution is -0.143. The highest BCUT2D eigenvalue weighted by atomic mass is 16.5. The third kappa shape index (κ3) is 8.51. The van der Waals surface area contributed by atoms with Crippen LogP contribution in [0.1, 0.15) is 47.4 Å². The van der Waals surface area contributed by atoms with Crippen LogP contribution in [0.3, 0.4) is 0 Å². The van der Waals surface area contributed by atoms with E-state index < -0.39 is 11.9 Å². The summed E-state index contributed by atoms with van der Waals surface area (Å²) in [5, 5.41) is 15.8. The summed E-state index contributed by atoms with van der Waals surface area (Å²) in [6.45, 7) is 3.47. The molecule has 4 rings (SSSR count). The Morgan fingerprint density at radius 1 is 0.857 bits per heavy atom. The predicted octanol–water partition coefficient (Wildman–Crippen LogP) is 3.25. The SMILES string of the molecule is COc1cc2c(cc1OC)CC(=O)N(CCCN(C)C[C@H]1Cc3cc(OC)c(OC)cc31)CC2.O=C(O)CCC(=O)O. The minimum absolute atomic E-state index is 0.183. The lowest BCUT2D eigenvalue weighted by Gasteiger charge is -2.34. The second-order valence-corrected chi connectivity index (χ2v) is 10.5. The Labute approximate surface area is 246 Å². The maximum atomic E-state index is 12.9.